The standard InChI is InChI=1S/C27H28F5N5O2/c1-18(37-14-3-2-4-15-37)39-23-16-20(7-8-22(23)26(28,29)27(30,31)32)36-25(38)21-6-5-11-34-24(21)35-17-19-9-12-33-13-10-19/h5-13,16,18H,2-4,14-15,17H2,1H3,(H,34,35)(H,36,38). The van der Waals surface area contributed by atoms with E-state index in [-0.39, 0.29) is 17.1 Å². The lowest BCUT2D eigenvalue weighted by molar-refractivity contribution is -0.290. The van der Waals surface area contributed by atoms with Crippen molar-refractivity contribution in [3.63, 3.8) is 0 Å². The Labute approximate surface area is 222 Å². The number of ether oxygens (including phenoxy) is 1. The number of piperidine rings is 1. The Morgan fingerprint density at radius 3 is 2.44 bits per heavy atom. The van der Waals surface area contributed by atoms with Crippen molar-refractivity contribution in [2.45, 2.75) is 51.1 Å². The van der Waals surface area contributed by atoms with Gasteiger partial charge >= 0.3 is 12.1 Å². The van der Waals surface area contributed by atoms with Gasteiger partial charge in [-0.15, -0.1) is 0 Å². The van der Waals surface area contributed by atoms with Crippen LogP contribution in [0.1, 0.15) is 47.7 Å². The van der Waals surface area contributed by atoms with Crippen LogP contribution < -0.4 is 15.4 Å². The van der Waals surface area contributed by atoms with Gasteiger partial charge in [-0.05, 0) is 61.7 Å². The molecular weight excluding hydrogens is 521 g/mol. The summed E-state index contributed by atoms with van der Waals surface area (Å²) in [6.07, 6.45) is 0.928. The van der Waals surface area contributed by atoms with E-state index in [2.05, 4.69) is 20.6 Å². The number of carbonyl (C=O) groups is 1. The second kappa shape index (κ2) is 11.9. The minimum Gasteiger partial charge on any atom is -0.475 e. The summed E-state index contributed by atoms with van der Waals surface area (Å²) in [5.74, 6) is -6.18. The van der Waals surface area contributed by atoms with Crippen LogP contribution in [0.3, 0.4) is 0 Å². The highest BCUT2D eigenvalue weighted by Crippen LogP contribution is 2.48. The largest absolute Gasteiger partial charge is 0.475 e. The van der Waals surface area contributed by atoms with Crippen LogP contribution >= 0.6 is 0 Å². The van der Waals surface area contributed by atoms with E-state index in [4.69, 9.17) is 4.74 Å². The van der Waals surface area contributed by atoms with Gasteiger partial charge in [0, 0.05) is 50.0 Å². The van der Waals surface area contributed by atoms with Crippen LogP contribution in [0.5, 0.6) is 5.75 Å². The smallest absolute Gasteiger partial charge is 0.458 e. The lowest BCUT2D eigenvalue weighted by Gasteiger charge is -2.33. The van der Waals surface area contributed by atoms with Crippen LogP contribution in [0.15, 0.2) is 61.1 Å². The Balaban J connectivity index is 1.58. The molecule has 0 spiro atoms. The van der Waals surface area contributed by atoms with Crippen molar-refractivity contribution in [3.8, 4) is 5.75 Å². The topological polar surface area (TPSA) is 79.4 Å². The number of amides is 1. The fourth-order valence-corrected chi connectivity index (χ4v) is 4.26. The molecule has 12 heteroatoms. The molecule has 0 aliphatic carbocycles. The van der Waals surface area contributed by atoms with E-state index in [1.165, 1.54) is 12.3 Å². The number of anilines is 2. The van der Waals surface area contributed by atoms with Gasteiger partial charge in [0.2, 0.25) is 0 Å². The Morgan fingerprint density at radius 1 is 1.03 bits per heavy atom. The molecule has 0 saturated carbocycles. The van der Waals surface area contributed by atoms with Crippen LogP contribution in [0, 0.1) is 0 Å². The number of hydrogen-bond donors (Lipinski definition) is 2. The van der Waals surface area contributed by atoms with Crippen LogP contribution in [0.25, 0.3) is 0 Å². The van der Waals surface area contributed by atoms with E-state index in [0.29, 0.717) is 25.7 Å². The number of nitrogens with zero attached hydrogens (tertiary/aromatic N) is 3. The first-order valence-electron chi connectivity index (χ1n) is 12.4. The molecule has 1 atom stereocenters. The summed E-state index contributed by atoms with van der Waals surface area (Å²) < 4.78 is 74.3. The van der Waals surface area contributed by atoms with Gasteiger partial charge < -0.3 is 15.4 Å². The number of carbonyl (C=O) groups excluding carboxylic acids is 1. The molecule has 3 heterocycles. The summed E-state index contributed by atoms with van der Waals surface area (Å²) in [4.78, 5) is 23.1. The zero-order chi connectivity index (χ0) is 28.0. The molecule has 208 valence electrons. The second-order valence-electron chi connectivity index (χ2n) is 9.16. The summed E-state index contributed by atoms with van der Waals surface area (Å²) in [6, 6.07) is 9.26. The van der Waals surface area contributed by atoms with Crippen molar-refractivity contribution in [1.29, 1.82) is 0 Å². The van der Waals surface area contributed by atoms with Gasteiger partial charge in [0.1, 0.15) is 17.8 Å². The number of pyridine rings is 2. The Bertz CT molecular complexity index is 1270. The molecule has 1 saturated heterocycles. The van der Waals surface area contributed by atoms with Gasteiger partial charge in [-0.25, -0.2) is 4.98 Å². The quantitative estimate of drug-likeness (QED) is 0.309. The lowest BCUT2D eigenvalue weighted by Crippen LogP contribution is -2.41. The normalized spacial score (nSPS) is 15.4. The van der Waals surface area contributed by atoms with Crippen LogP contribution in [0.2, 0.25) is 0 Å². The van der Waals surface area contributed by atoms with Crippen molar-refractivity contribution in [2.24, 2.45) is 0 Å². The van der Waals surface area contributed by atoms with Gasteiger partial charge in [-0.2, -0.15) is 22.0 Å². The zero-order valence-corrected chi connectivity index (χ0v) is 21.1. The summed E-state index contributed by atoms with van der Waals surface area (Å²) in [5, 5.41) is 5.62. The summed E-state index contributed by atoms with van der Waals surface area (Å²) in [5.41, 5.74) is -0.280. The molecule has 2 aromatic heterocycles. The number of nitrogens with one attached hydrogen (secondary N) is 2. The number of likely N-dealkylation sites (tertiary alicyclic amines) is 1. The molecule has 1 amide bonds. The molecule has 39 heavy (non-hydrogen) atoms. The fraction of sp³-hybridized carbons (Fsp3) is 0.370. The number of hydrogen-bond acceptors (Lipinski definition) is 6. The predicted octanol–water partition coefficient (Wildman–Crippen LogP) is 6.21. The highest BCUT2D eigenvalue weighted by molar-refractivity contribution is 6.07. The lowest BCUT2D eigenvalue weighted by atomic mass is 10.1. The molecule has 7 nitrogen and oxygen atoms in total. The van der Waals surface area contributed by atoms with Gasteiger partial charge in [0.15, 0.2) is 0 Å². The number of rotatable bonds is 9. The molecule has 1 fully saturated rings. The maximum absolute atomic E-state index is 14.4. The molecular formula is C27H28F5N5O2. The van der Waals surface area contributed by atoms with Crippen LogP contribution in [-0.4, -0.2) is 46.3 Å². The zero-order valence-electron chi connectivity index (χ0n) is 21.1. The van der Waals surface area contributed by atoms with Gasteiger partial charge in [-0.3, -0.25) is 14.7 Å². The minimum absolute atomic E-state index is 0.00787. The summed E-state index contributed by atoms with van der Waals surface area (Å²) >= 11 is 0. The average Bonchev–Trinajstić information content (AvgIpc) is 2.92. The third kappa shape index (κ3) is 6.80. The molecule has 3 aromatic rings. The SMILES string of the molecule is CC(Oc1cc(NC(=O)c2cccnc2NCc2ccncc2)ccc1C(F)(F)C(F)(F)F)N1CCCCC1. The average molecular weight is 550 g/mol. The number of aromatic nitrogens is 2. The van der Waals surface area contributed by atoms with E-state index >= 15 is 0 Å². The van der Waals surface area contributed by atoms with Gasteiger partial charge in [0.05, 0.1) is 11.1 Å². The number of alkyl halides is 5. The van der Waals surface area contributed by atoms with Crippen molar-refractivity contribution in [1.82, 2.24) is 14.9 Å². The van der Waals surface area contributed by atoms with Crippen LogP contribution in [-0.2, 0) is 12.5 Å². The maximum atomic E-state index is 14.4. The third-order valence-corrected chi connectivity index (χ3v) is 6.40. The second-order valence-corrected chi connectivity index (χ2v) is 9.16. The molecule has 4 rings (SSSR count). The molecule has 0 radical (unpaired) electrons. The number of halogens is 5. The van der Waals surface area contributed by atoms with E-state index < -0.39 is 35.5 Å². The third-order valence-electron chi connectivity index (χ3n) is 6.40. The highest BCUT2D eigenvalue weighted by atomic mass is 19.4. The minimum atomic E-state index is -5.82. The summed E-state index contributed by atoms with van der Waals surface area (Å²) in [7, 11) is 0. The first-order chi connectivity index (χ1) is 18.6. The molecule has 1 aliphatic heterocycles. The van der Waals surface area contributed by atoms with E-state index in [9.17, 15) is 26.7 Å². The molecule has 1 unspecified atom stereocenters. The molecule has 1 aromatic carbocycles. The monoisotopic (exact) mass is 549 g/mol. The van der Waals surface area contributed by atoms with Crippen molar-refractivity contribution >= 4 is 17.4 Å². The van der Waals surface area contributed by atoms with Crippen molar-refractivity contribution in [3.05, 3.63) is 77.7 Å². The van der Waals surface area contributed by atoms with Crippen LogP contribution in [0.4, 0.5) is 33.5 Å². The van der Waals surface area contributed by atoms with Gasteiger partial charge in [0.25, 0.3) is 5.91 Å². The van der Waals surface area contributed by atoms with Gasteiger partial charge in [-0.1, -0.05) is 6.42 Å². The number of benzene rings is 1. The fourth-order valence-electron chi connectivity index (χ4n) is 4.26. The molecule has 0 bridgehead atoms. The van der Waals surface area contributed by atoms with E-state index in [0.717, 1.165) is 37.0 Å². The Kier molecular flexibility index (Phi) is 8.63. The Morgan fingerprint density at radius 2 is 1.74 bits per heavy atom. The maximum Gasteiger partial charge on any atom is 0.458 e. The summed E-state index contributed by atoms with van der Waals surface area (Å²) in [6.45, 7) is 3.23. The Hall–Kier alpha value is -3.80. The van der Waals surface area contributed by atoms with Crippen molar-refractivity contribution in [2.75, 3.05) is 23.7 Å². The highest BCUT2D eigenvalue weighted by Gasteiger charge is 2.60. The van der Waals surface area contributed by atoms with E-state index in [1.807, 2.05) is 4.90 Å². The predicted molar refractivity (Wildman–Crippen MR) is 136 cm³/mol. The first-order valence-corrected chi connectivity index (χ1v) is 12.4. The molecule has 1 aliphatic rings. The van der Waals surface area contributed by atoms with Crippen molar-refractivity contribution < 1.29 is 31.5 Å². The first kappa shape index (κ1) is 28.2. The van der Waals surface area contributed by atoms with E-state index in [1.54, 1.807) is 37.5 Å². The molecule has 2 N–H and O–H groups in total.